The van der Waals surface area contributed by atoms with Gasteiger partial charge in [-0.1, -0.05) is 13.5 Å². The van der Waals surface area contributed by atoms with Crippen molar-refractivity contribution in [2.45, 2.75) is 25.9 Å². The lowest BCUT2D eigenvalue weighted by atomic mass is 10.1. The maximum absolute atomic E-state index is 10.1. The van der Waals surface area contributed by atoms with E-state index < -0.39 is 0 Å². The van der Waals surface area contributed by atoms with E-state index in [1.165, 1.54) is 0 Å². The highest BCUT2D eigenvalue weighted by molar-refractivity contribution is 5.71. The molecule has 0 aromatic rings. The zero-order valence-corrected chi connectivity index (χ0v) is 6.59. The lowest BCUT2D eigenvalue weighted by molar-refractivity contribution is -0.105. The first-order valence-electron chi connectivity index (χ1n) is 3.40. The van der Waals surface area contributed by atoms with E-state index in [4.69, 9.17) is 4.74 Å². The number of hydrogen-bond donors (Lipinski definition) is 0. The summed E-state index contributed by atoms with van der Waals surface area (Å²) in [6.45, 7) is 5.58. The Kier molecular flexibility index (Phi) is 4.85. The highest BCUT2D eigenvalue weighted by Crippen LogP contribution is 2.06. The van der Waals surface area contributed by atoms with Gasteiger partial charge in [-0.25, -0.2) is 0 Å². The summed E-state index contributed by atoms with van der Waals surface area (Å²) in [7, 11) is 1.65. The summed E-state index contributed by atoms with van der Waals surface area (Å²) >= 11 is 0. The van der Waals surface area contributed by atoms with Crippen LogP contribution in [-0.2, 0) is 9.53 Å². The Bertz CT molecular complexity index is 114. The molecule has 10 heavy (non-hydrogen) atoms. The van der Waals surface area contributed by atoms with Gasteiger partial charge < -0.3 is 4.74 Å². The Morgan fingerprint density at radius 1 is 1.80 bits per heavy atom. The van der Waals surface area contributed by atoms with Gasteiger partial charge in [0, 0.05) is 13.5 Å². The van der Waals surface area contributed by atoms with E-state index in [0.29, 0.717) is 12.0 Å². The number of carbonyl (C=O) groups is 1. The van der Waals surface area contributed by atoms with E-state index in [1.807, 2.05) is 6.92 Å². The maximum Gasteiger partial charge on any atom is 0.145 e. The van der Waals surface area contributed by atoms with Crippen molar-refractivity contribution in [1.29, 1.82) is 0 Å². The van der Waals surface area contributed by atoms with Crippen LogP contribution in [0.4, 0.5) is 0 Å². The smallest absolute Gasteiger partial charge is 0.145 e. The van der Waals surface area contributed by atoms with Crippen molar-refractivity contribution in [1.82, 2.24) is 0 Å². The lowest BCUT2D eigenvalue weighted by Crippen LogP contribution is -2.09. The van der Waals surface area contributed by atoms with Gasteiger partial charge in [-0.3, -0.25) is 4.79 Å². The summed E-state index contributed by atoms with van der Waals surface area (Å²) in [5, 5.41) is 0. The van der Waals surface area contributed by atoms with Crippen molar-refractivity contribution < 1.29 is 9.53 Å². The van der Waals surface area contributed by atoms with Crippen LogP contribution in [0.25, 0.3) is 0 Å². The fourth-order valence-electron chi connectivity index (χ4n) is 0.735. The van der Waals surface area contributed by atoms with E-state index in [9.17, 15) is 4.79 Å². The van der Waals surface area contributed by atoms with Crippen LogP contribution in [0.15, 0.2) is 12.2 Å². The average molecular weight is 142 g/mol. The fourth-order valence-corrected chi connectivity index (χ4v) is 0.735. The predicted octanol–water partition coefficient (Wildman–Crippen LogP) is 1.56. The molecule has 1 atom stereocenters. The van der Waals surface area contributed by atoms with Crippen molar-refractivity contribution >= 4 is 6.29 Å². The van der Waals surface area contributed by atoms with Crippen molar-refractivity contribution in [3.05, 3.63) is 12.2 Å². The Hall–Kier alpha value is -0.630. The molecular weight excluding hydrogens is 128 g/mol. The molecule has 0 aromatic heterocycles. The summed E-state index contributed by atoms with van der Waals surface area (Å²) < 4.78 is 5.05. The molecule has 0 heterocycles. The monoisotopic (exact) mass is 142 g/mol. The highest BCUT2D eigenvalue weighted by atomic mass is 16.5. The Morgan fingerprint density at radius 3 is 2.70 bits per heavy atom. The minimum Gasteiger partial charge on any atom is -0.381 e. The van der Waals surface area contributed by atoms with E-state index in [0.717, 1.165) is 12.7 Å². The molecule has 1 unspecified atom stereocenters. The zero-order chi connectivity index (χ0) is 7.98. The molecule has 0 spiro atoms. The maximum atomic E-state index is 10.1. The zero-order valence-electron chi connectivity index (χ0n) is 6.59. The molecule has 2 heteroatoms. The molecule has 0 aromatic carbocycles. The molecule has 0 amide bonds. The second-order valence-corrected chi connectivity index (χ2v) is 2.25. The van der Waals surface area contributed by atoms with Crippen molar-refractivity contribution in [2.75, 3.05) is 7.11 Å². The largest absolute Gasteiger partial charge is 0.381 e. The van der Waals surface area contributed by atoms with E-state index in [-0.39, 0.29) is 6.10 Å². The molecule has 58 valence electrons. The van der Waals surface area contributed by atoms with Gasteiger partial charge in [0.15, 0.2) is 0 Å². The van der Waals surface area contributed by atoms with Crippen molar-refractivity contribution in [3.63, 3.8) is 0 Å². The van der Waals surface area contributed by atoms with Crippen LogP contribution in [0.2, 0.25) is 0 Å². The minimum atomic E-state index is 0.151. The van der Waals surface area contributed by atoms with Gasteiger partial charge in [-0.15, -0.1) is 0 Å². The molecule has 0 radical (unpaired) electrons. The lowest BCUT2D eigenvalue weighted by Gasteiger charge is -2.10. The molecule has 0 aliphatic heterocycles. The van der Waals surface area contributed by atoms with Crippen molar-refractivity contribution in [3.8, 4) is 0 Å². The van der Waals surface area contributed by atoms with Gasteiger partial charge in [0.25, 0.3) is 0 Å². The van der Waals surface area contributed by atoms with Crippen LogP contribution in [-0.4, -0.2) is 19.5 Å². The predicted molar refractivity (Wildman–Crippen MR) is 40.9 cm³/mol. The van der Waals surface area contributed by atoms with Crippen LogP contribution < -0.4 is 0 Å². The van der Waals surface area contributed by atoms with Gasteiger partial charge in [-0.05, 0) is 12.0 Å². The Morgan fingerprint density at radius 2 is 2.40 bits per heavy atom. The third-order valence-corrected chi connectivity index (χ3v) is 1.45. The van der Waals surface area contributed by atoms with Crippen LogP contribution in [0.3, 0.4) is 0 Å². The van der Waals surface area contributed by atoms with Crippen LogP contribution in [0.5, 0.6) is 0 Å². The third kappa shape index (κ3) is 3.41. The summed E-state index contributed by atoms with van der Waals surface area (Å²) in [6, 6.07) is 0. The normalized spacial score (nSPS) is 12.6. The number of hydrogen-bond acceptors (Lipinski definition) is 2. The molecule has 0 aliphatic carbocycles. The van der Waals surface area contributed by atoms with E-state index in [2.05, 4.69) is 6.58 Å². The molecule has 0 N–H and O–H groups in total. The van der Waals surface area contributed by atoms with E-state index in [1.54, 1.807) is 7.11 Å². The van der Waals surface area contributed by atoms with Crippen LogP contribution in [0.1, 0.15) is 19.8 Å². The number of ether oxygens (including phenoxy) is 1. The second-order valence-electron chi connectivity index (χ2n) is 2.25. The molecule has 0 bridgehead atoms. The van der Waals surface area contributed by atoms with Gasteiger partial charge in [0.1, 0.15) is 6.29 Å². The first-order chi connectivity index (χ1) is 4.74. The van der Waals surface area contributed by atoms with Gasteiger partial charge >= 0.3 is 0 Å². The van der Waals surface area contributed by atoms with Gasteiger partial charge in [-0.2, -0.15) is 0 Å². The number of methoxy groups -OCH3 is 1. The second kappa shape index (κ2) is 5.18. The van der Waals surface area contributed by atoms with Crippen LogP contribution >= 0.6 is 0 Å². The SMILES string of the molecule is C=C(C=O)CC(CC)OC. The summed E-state index contributed by atoms with van der Waals surface area (Å²) in [5.41, 5.74) is 0.605. The number of aldehydes is 1. The molecule has 2 nitrogen and oxygen atoms in total. The van der Waals surface area contributed by atoms with Crippen LogP contribution in [0, 0.1) is 0 Å². The summed E-state index contributed by atoms with van der Waals surface area (Å²) in [4.78, 5) is 10.1. The standard InChI is InChI=1S/C8H14O2/c1-4-8(10-3)5-7(2)6-9/h6,8H,2,4-5H2,1,3H3. The highest BCUT2D eigenvalue weighted by Gasteiger charge is 2.04. The minimum absolute atomic E-state index is 0.151. The molecule has 0 fully saturated rings. The first kappa shape index (κ1) is 9.37. The van der Waals surface area contributed by atoms with Crippen molar-refractivity contribution in [2.24, 2.45) is 0 Å². The summed E-state index contributed by atoms with van der Waals surface area (Å²) in [5.74, 6) is 0. The Labute approximate surface area is 61.9 Å². The third-order valence-electron chi connectivity index (χ3n) is 1.45. The quantitative estimate of drug-likeness (QED) is 0.430. The fraction of sp³-hybridized carbons (Fsp3) is 0.625. The molecule has 0 rings (SSSR count). The molecular formula is C8H14O2. The number of carbonyl (C=O) groups excluding carboxylic acids is 1. The van der Waals surface area contributed by atoms with Gasteiger partial charge in [0.05, 0.1) is 6.10 Å². The molecule has 0 saturated heterocycles. The number of rotatable bonds is 5. The summed E-state index contributed by atoms with van der Waals surface area (Å²) in [6.07, 6.45) is 2.50. The topological polar surface area (TPSA) is 26.3 Å². The molecule has 0 saturated carbocycles. The Balaban J connectivity index is 3.62. The van der Waals surface area contributed by atoms with Gasteiger partial charge in [0.2, 0.25) is 0 Å². The first-order valence-corrected chi connectivity index (χ1v) is 3.40. The van der Waals surface area contributed by atoms with E-state index >= 15 is 0 Å². The molecule has 0 aliphatic rings. The average Bonchev–Trinajstić information content (AvgIpc) is 1.99.